The molecule has 3 N–H and O–H groups in total. The van der Waals surface area contributed by atoms with Crippen molar-refractivity contribution in [3.63, 3.8) is 0 Å². The molecule has 0 aliphatic heterocycles. The lowest BCUT2D eigenvalue weighted by Crippen LogP contribution is -2.30. The number of thioether (sulfide) groups is 1. The zero-order chi connectivity index (χ0) is 32.5. The molecule has 0 saturated carbocycles. The Morgan fingerprint density at radius 3 is 2.35 bits per heavy atom. The number of halogens is 2. The predicted octanol–water partition coefficient (Wildman–Crippen LogP) is 8.51. The van der Waals surface area contributed by atoms with E-state index in [0.717, 1.165) is 14.9 Å². The number of rotatable bonds is 11. The number of methoxy groups -OCH3 is 1. The molecule has 5 rings (SSSR count). The number of benzene rings is 4. The van der Waals surface area contributed by atoms with Crippen LogP contribution in [0.2, 0.25) is 5.02 Å². The zero-order valence-electron chi connectivity index (χ0n) is 24.4. The van der Waals surface area contributed by atoms with Crippen LogP contribution in [0.15, 0.2) is 129 Å². The fourth-order valence-electron chi connectivity index (χ4n) is 4.23. The van der Waals surface area contributed by atoms with Crippen molar-refractivity contribution in [1.29, 1.82) is 0 Å². The summed E-state index contributed by atoms with van der Waals surface area (Å²) in [7, 11) is 1.52. The summed E-state index contributed by atoms with van der Waals surface area (Å²) in [6.45, 7) is 0. The molecule has 0 fully saturated rings. The second kappa shape index (κ2) is 15.5. The topological polar surface area (TPSA) is 110 Å². The Morgan fingerprint density at radius 2 is 1.63 bits per heavy atom. The van der Waals surface area contributed by atoms with Crippen molar-refractivity contribution in [3.8, 4) is 17.1 Å². The second-order valence-corrected chi connectivity index (χ2v) is 12.1. The Hall–Kier alpha value is -4.77. The Kier molecular flexibility index (Phi) is 11.0. The Morgan fingerprint density at radius 1 is 0.891 bits per heavy atom. The highest BCUT2D eigenvalue weighted by Crippen LogP contribution is 2.29. The molecule has 3 amide bonds. The lowest BCUT2D eigenvalue weighted by Gasteiger charge is -2.12. The molecule has 0 aliphatic carbocycles. The van der Waals surface area contributed by atoms with Crippen LogP contribution in [0.25, 0.3) is 17.4 Å². The molecular formula is C35H27BrClN3O5S. The molecular weight excluding hydrogens is 690 g/mol. The summed E-state index contributed by atoms with van der Waals surface area (Å²) in [4.78, 5) is 39.8. The van der Waals surface area contributed by atoms with E-state index in [1.54, 1.807) is 84.9 Å². The predicted molar refractivity (Wildman–Crippen MR) is 186 cm³/mol. The molecule has 0 unspecified atom stereocenters. The number of nitrogens with one attached hydrogen (secondary N) is 3. The highest BCUT2D eigenvalue weighted by molar-refractivity contribution is 9.10. The number of ether oxygens (including phenoxy) is 1. The van der Waals surface area contributed by atoms with E-state index >= 15 is 0 Å². The van der Waals surface area contributed by atoms with Crippen molar-refractivity contribution in [2.75, 3.05) is 23.5 Å². The van der Waals surface area contributed by atoms with Crippen LogP contribution in [0.3, 0.4) is 0 Å². The van der Waals surface area contributed by atoms with Gasteiger partial charge in [0.05, 0.1) is 18.6 Å². The number of hydrogen-bond acceptors (Lipinski definition) is 6. The van der Waals surface area contributed by atoms with Crippen LogP contribution in [0.1, 0.15) is 16.1 Å². The van der Waals surface area contributed by atoms with Crippen LogP contribution in [0.5, 0.6) is 5.75 Å². The third kappa shape index (κ3) is 8.91. The third-order valence-electron chi connectivity index (χ3n) is 6.49. The number of carbonyl (C=O) groups excluding carboxylic acids is 3. The van der Waals surface area contributed by atoms with Gasteiger partial charge in [0.15, 0.2) is 0 Å². The molecule has 11 heteroatoms. The van der Waals surface area contributed by atoms with Crippen LogP contribution in [0.4, 0.5) is 11.4 Å². The average molecular weight is 717 g/mol. The molecule has 0 saturated heterocycles. The summed E-state index contributed by atoms with van der Waals surface area (Å²) in [5.41, 5.74) is 2.24. The molecule has 0 bridgehead atoms. The van der Waals surface area contributed by atoms with Crippen molar-refractivity contribution in [3.05, 3.63) is 136 Å². The Bertz CT molecular complexity index is 1880. The van der Waals surface area contributed by atoms with E-state index in [0.29, 0.717) is 39.2 Å². The molecule has 0 radical (unpaired) electrons. The summed E-state index contributed by atoms with van der Waals surface area (Å²) in [6, 6.07) is 31.8. The van der Waals surface area contributed by atoms with Crippen molar-refractivity contribution < 1.29 is 23.5 Å². The summed E-state index contributed by atoms with van der Waals surface area (Å²) in [5.74, 6) is 0.438. The minimum absolute atomic E-state index is 0.00266. The van der Waals surface area contributed by atoms with Gasteiger partial charge in [0.2, 0.25) is 5.91 Å². The van der Waals surface area contributed by atoms with Crippen molar-refractivity contribution >= 4 is 74.5 Å². The van der Waals surface area contributed by atoms with Crippen molar-refractivity contribution in [2.45, 2.75) is 4.90 Å². The maximum Gasteiger partial charge on any atom is 0.272 e. The van der Waals surface area contributed by atoms with Gasteiger partial charge in [-0.1, -0.05) is 57.9 Å². The molecule has 4 aromatic carbocycles. The quantitative estimate of drug-likeness (QED) is 0.0935. The Labute approximate surface area is 283 Å². The molecule has 8 nitrogen and oxygen atoms in total. The number of anilines is 2. The summed E-state index contributed by atoms with van der Waals surface area (Å²) in [5, 5.41) is 8.82. The highest BCUT2D eigenvalue weighted by Gasteiger charge is 2.17. The standard InChI is InChI=1S/C35H27BrClN3O5S/c1-44-32-17-11-25(37)19-29(32)39-33(41)21-46-28-15-12-26(13-16-28)38-35(43)30(40-34(42)23-5-3-2-4-6-23)20-27-14-18-31(45-27)22-7-9-24(36)10-8-22/h2-20H,21H2,1H3,(H,38,43)(H,39,41)(H,40,42)/b30-20-. The molecule has 5 aromatic rings. The van der Waals surface area contributed by atoms with Crippen LogP contribution < -0.4 is 20.7 Å². The first-order chi connectivity index (χ1) is 22.3. The van der Waals surface area contributed by atoms with Gasteiger partial charge in [-0.25, -0.2) is 0 Å². The summed E-state index contributed by atoms with van der Waals surface area (Å²) < 4.78 is 12.2. The van der Waals surface area contributed by atoms with E-state index in [-0.39, 0.29) is 17.4 Å². The smallest absolute Gasteiger partial charge is 0.272 e. The first kappa shape index (κ1) is 32.6. The lowest BCUT2D eigenvalue weighted by atomic mass is 10.2. The largest absolute Gasteiger partial charge is 0.495 e. The third-order valence-corrected chi connectivity index (χ3v) is 8.26. The lowest BCUT2D eigenvalue weighted by molar-refractivity contribution is -0.114. The van der Waals surface area contributed by atoms with Crippen LogP contribution >= 0.6 is 39.3 Å². The van der Waals surface area contributed by atoms with Crippen LogP contribution in [-0.2, 0) is 9.59 Å². The molecule has 0 spiro atoms. The van der Waals surface area contributed by atoms with E-state index < -0.39 is 11.8 Å². The second-order valence-electron chi connectivity index (χ2n) is 9.75. The molecule has 1 aromatic heterocycles. The van der Waals surface area contributed by atoms with Gasteiger partial charge in [0.25, 0.3) is 11.8 Å². The van der Waals surface area contributed by atoms with Gasteiger partial charge < -0.3 is 25.1 Å². The van der Waals surface area contributed by atoms with Gasteiger partial charge in [0, 0.05) is 37.3 Å². The molecule has 1 heterocycles. The summed E-state index contributed by atoms with van der Waals surface area (Å²) in [6.07, 6.45) is 1.48. The first-order valence-corrected chi connectivity index (χ1v) is 16.0. The highest BCUT2D eigenvalue weighted by atomic mass is 79.9. The summed E-state index contributed by atoms with van der Waals surface area (Å²) >= 11 is 10.8. The van der Waals surface area contributed by atoms with Crippen LogP contribution in [-0.4, -0.2) is 30.6 Å². The number of furan rings is 1. The minimum Gasteiger partial charge on any atom is -0.495 e. The maximum absolute atomic E-state index is 13.4. The zero-order valence-corrected chi connectivity index (χ0v) is 27.5. The van der Waals surface area contributed by atoms with Crippen LogP contribution in [0, 0.1) is 0 Å². The van der Waals surface area contributed by atoms with E-state index in [4.69, 9.17) is 20.8 Å². The number of carbonyl (C=O) groups is 3. The van der Waals surface area contributed by atoms with E-state index in [1.807, 2.05) is 24.3 Å². The fourth-order valence-corrected chi connectivity index (χ4v) is 5.37. The normalized spacial score (nSPS) is 11.1. The molecule has 232 valence electrons. The van der Waals surface area contributed by atoms with E-state index in [1.165, 1.54) is 24.9 Å². The van der Waals surface area contributed by atoms with Crippen molar-refractivity contribution in [1.82, 2.24) is 5.32 Å². The van der Waals surface area contributed by atoms with Crippen molar-refractivity contribution in [2.24, 2.45) is 0 Å². The number of amides is 3. The average Bonchev–Trinajstić information content (AvgIpc) is 3.53. The van der Waals surface area contributed by atoms with Gasteiger partial charge in [-0.05, 0) is 78.9 Å². The molecule has 46 heavy (non-hydrogen) atoms. The minimum atomic E-state index is -0.541. The Balaban J connectivity index is 1.26. The molecule has 0 atom stereocenters. The monoisotopic (exact) mass is 715 g/mol. The first-order valence-electron chi connectivity index (χ1n) is 13.9. The SMILES string of the molecule is COc1ccc(Cl)cc1NC(=O)CSc1ccc(NC(=O)/C(=C/c2ccc(-c3ccc(Br)cc3)o2)NC(=O)c2ccccc2)cc1. The van der Waals surface area contributed by atoms with Gasteiger partial charge in [-0.15, -0.1) is 11.8 Å². The van der Waals surface area contributed by atoms with Gasteiger partial charge >= 0.3 is 0 Å². The van der Waals surface area contributed by atoms with Gasteiger partial charge in [-0.2, -0.15) is 0 Å². The van der Waals surface area contributed by atoms with E-state index in [9.17, 15) is 14.4 Å². The van der Waals surface area contributed by atoms with Gasteiger partial charge in [0.1, 0.15) is 23.0 Å². The number of hydrogen-bond donors (Lipinski definition) is 3. The maximum atomic E-state index is 13.4. The fraction of sp³-hybridized carbons (Fsp3) is 0.0571. The van der Waals surface area contributed by atoms with Gasteiger partial charge in [-0.3, -0.25) is 14.4 Å². The van der Waals surface area contributed by atoms with E-state index in [2.05, 4.69) is 31.9 Å². The molecule has 0 aliphatic rings.